The van der Waals surface area contributed by atoms with Crippen LogP contribution in [-0.2, 0) is 4.79 Å². The number of hydrogen-bond acceptors (Lipinski definition) is 5. The van der Waals surface area contributed by atoms with Crippen LogP contribution < -0.4 is 15.4 Å². The third kappa shape index (κ3) is 4.16. The van der Waals surface area contributed by atoms with Crippen molar-refractivity contribution in [3.63, 3.8) is 0 Å². The second kappa shape index (κ2) is 8.19. The summed E-state index contributed by atoms with van der Waals surface area (Å²) < 4.78 is 32.5. The molecule has 2 aromatic carbocycles. The summed E-state index contributed by atoms with van der Waals surface area (Å²) in [4.78, 5) is 28.1. The van der Waals surface area contributed by atoms with Gasteiger partial charge in [-0.1, -0.05) is 0 Å². The minimum absolute atomic E-state index is 0.120. The van der Waals surface area contributed by atoms with Gasteiger partial charge in [-0.05, 0) is 30.3 Å². The summed E-state index contributed by atoms with van der Waals surface area (Å²) in [5, 5.41) is 7.49. The Morgan fingerprint density at radius 1 is 1.20 bits per heavy atom. The Kier molecular flexibility index (Phi) is 5.45. The number of halogens is 2. The molecule has 1 aliphatic heterocycles. The van der Waals surface area contributed by atoms with E-state index in [2.05, 4.69) is 15.6 Å². The Balaban J connectivity index is 1.55. The van der Waals surface area contributed by atoms with Gasteiger partial charge in [0, 0.05) is 35.9 Å². The zero-order chi connectivity index (χ0) is 21.3. The summed E-state index contributed by atoms with van der Waals surface area (Å²) in [5.41, 5.74) is 2.00. The summed E-state index contributed by atoms with van der Waals surface area (Å²) in [6.07, 6.45) is 0.664. The highest BCUT2D eigenvalue weighted by atomic mass is 32.1. The molecule has 2 N–H and O–H groups in total. The van der Waals surface area contributed by atoms with Crippen molar-refractivity contribution >= 4 is 28.3 Å². The van der Waals surface area contributed by atoms with Crippen LogP contribution in [0, 0.1) is 11.6 Å². The maximum absolute atomic E-state index is 13.8. The van der Waals surface area contributed by atoms with E-state index in [1.165, 1.54) is 18.3 Å². The monoisotopic (exact) mass is 429 g/mol. The number of carbonyl (C=O) groups excluding carboxylic acids is 2. The fourth-order valence-corrected chi connectivity index (χ4v) is 3.97. The van der Waals surface area contributed by atoms with E-state index in [0.29, 0.717) is 30.5 Å². The molecule has 0 saturated heterocycles. The highest BCUT2D eigenvalue weighted by Gasteiger charge is 2.23. The van der Waals surface area contributed by atoms with Crippen LogP contribution in [0.4, 0.5) is 13.9 Å². The number of nitrogens with zero attached hydrogens (tertiary/aromatic N) is 1. The van der Waals surface area contributed by atoms with E-state index in [9.17, 15) is 18.4 Å². The Bertz CT molecular complexity index is 1130. The van der Waals surface area contributed by atoms with Crippen LogP contribution in [0.5, 0.6) is 5.75 Å². The molecule has 3 aromatic rings. The second-order valence-corrected chi connectivity index (χ2v) is 7.62. The van der Waals surface area contributed by atoms with Gasteiger partial charge in [-0.3, -0.25) is 14.9 Å². The molecule has 1 unspecified atom stereocenters. The molecular weight excluding hydrogens is 412 g/mol. The van der Waals surface area contributed by atoms with E-state index in [4.69, 9.17) is 4.74 Å². The Morgan fingerprint density at radius 2 is 2.03 bits per heavy atom. The van der Waals surface area contributed by atoms with Crippen LogP contribution in [0.3, 0.4) is 0 Å². The molecule has 0 saturated carbocycles. The molecule has 0 spiro atoms. The van der Waals surface area contributed by atoms with Crippen LogP contribution in [0.25, 0.3) is 11.3 Å². The predicted molar refractivity (Wildman–Crippen MR) is 109 cm³/mol. The van der Waals surface area contributed by atoms with E-state index in [-0.39, 0.29) is 22.6 Å². The summed E-state index contributed by atoms with van der Waals surface area (Å²) in [6.45, 7) is 1.99. The topological polar surface area (TPSA) is 80.3 Å². The van der Waals surface area contributed by atoms with Crippen molar-refractivity contribution in [1.29, 1.82) is 0 Å². The minimum atomic E-state index is -0.942. The van der Waals surface area contributed by atoms with E-state index in [1.807, 2.05) is 18.2 Å². The molecule has 1 atom stereocenters. The molecule has 9 heteroatoms. The number of aromatic nitrogens is 1. The smallest absolute Gasteiger partial charge is 0.260 e. The lowest BCUT2D eigenvalue weighted by molar-refractivity contribution is -0.119. The number of hydrogen-bond donors (Lipinski definition) is 2. The Labute approximate surface area is 174 Å². The van der Waals surface area contributed by atoms with E-state index < -0.39 is 17.5 Å². The molecule has 0 bridgehead atoms. The summed E-state index contributed by atoms with van der Waals surface area (Å²) in [7, 11) is 0. The van der Waals surface area contributed by atoms with Crippen molar-refractivity contribution in [2.24, 2.45) is 0 Å². The molecule has 0 aliphatic carbocycles. The SMILES string of the molecule is CC(=O)NC1CCOc2ccc(-c3csc(NC(=O)c4ccc(F)cc4F)n3)cc21. The Hall–Kier alpha value is -3.33. The van der Waals surface area contributed by atoms with Gasteiger partial charge < -0.3 is 10.1 Å². The zero-order valence-corrected chi connectivity index (χ0v) is 16.7. The molecule has 0 radical (unpaired) electrons. The van der Waals surface area contributed by atoms with E-state index in [1.54, 1.807) is 5.38 Å². The fraction of sp³-hybridized carbons (Fsp3) is 0.190. The normalized spacial score (nSPS) is 15.1. The first kappa shape index (κ1) is 20.0. The number of amides is 2. The van der Waals surface area contributed by atoms with Crippen molar-refractivity contribution in [2.45, 2.75) is 19.4 Å². The van der Waals surface area contributed by atoms with Gasteiger partial charge in [-0.25, -0.2) is 13.8 Å². The van der Waals surface area contributed by atoms with Gasteiger partial charge in [0.25, 0.3) is 5.91 Å². The summed E-state index contributed by atoms with van der Waals surface area (Å²) in [6, 6.07) is 8.18. The van der Waals surface area contributed by atoms with Gasteiger partial charge in [-0.2, -0.15) is 0 Å². The maximum atomic E-state index is 13.8. The highest BCUT2D eigenvalue weighted by molar-refractivity contribution is 7.14. The third-order valence-corrected chi connectivity index (χ3v) is 5.38. The number of nitrogens with one attached hydrogen (secondary N) is 2. The lowest BCUT2D eigenvalue weighted by Crippen LogP contribution is -2.30. The summed E-state index contributed by atoms with van der Waals surface area (Å²) >= 11 is 1.18. The first-order chi connectivity index (χ1) is 14.4. The van der Waals surface area contributed by atoms with E-state index in [0.717, 1.165) is 23.3 Å². The molecule has 0 fully saturated rings. The number of rotatable bonds is 4. The number of fused-ring (bicyclic) bond motifs is 1. The molecule has 2 amide bonds. The number of benzene rings is 2. The van der Waals surface area contributed by atoms with Crippen LogP contribution in [-0.4, -0.2) is 23.4 Å². The lowest BCUT2D eigenvalue weighted by Gasteiger charge is -2.26. The van der Waals surface area contributed by atoms with Crippen molar-refractivity contribution in [2.75, 3.05) is 11.9 Å². The first-order valence-corrected chi connectivity index (χ1v) is 10.0. The molecule has 154 valence electrons. The van der Waals surface area contributed by atoms with Gasteiger partial charge in [-0.15, -0.1) is 11.3 Å². The quantitative estimate of drug-likeness (QED) is 0.648. The molecular formula is C21H17F2N3O3S. The van der Waals surface area contributed by atoms with Crippen molar-refractivity contribution in [3.05, 3.63) is 64.5 Å². The van der Waals surface area contributed by atoms with Gasteiger partial charge in [0.05, 0.1) is 23.9 Å². The van der Waals surface area contributed by atoms with Gasteiger partial charge in [0.15, 0.2) is 5.13 Å². The Morgan fingerprint density at radius 3 is 2.80 bits per heavy atom. The maximum Gasteiger partial charge on any atom is 0.260 e. The molecule has 1 aliphatic rings. The van der Waals surface area contributed by atoms with Crippen molar-refractivity contribution < 1.29 is 23.1 Å². The number of ether oxygens (including phenoxy) is 1. The van der Waals surface area contributed by atoms with Crippen LogP contribution >= 0.6 is 11.3 Å². The zero-order valence-electron chi connectivity index (χ0n) is 15.9. The predicted octanol–water partition coefficient (Wildman–Crippen LogP) is 4.30. The molecule has 4 rings (SSSR count). The van der Waals surface area contributed by atoms with Gasteiger partial charge >= 0.3 is 0 Å². The number of anilines is 1. The molecule has 6 nitrogen and oxygen atoms in total. The van der Waals surface area contributed by atoms with E-state index >= 15 is 0 Å². The largest absolute Gasteiger partial charge is 0.493 e. The molecule has 1 aromatic heterocycles. The first-order valence-electron chi connectivity index (χ1n) is 9.17. The molecule has 30 heavy (non-hydrogen) atoms. The third-order valence-electron chi connectivity index (χ3n) is 4.62. The van der Waals surface area contributed by atoms with Crippen molar-refractivity contribution in [3.8, 4) is 17.0 Å². The van der Waals surface area contributed by atoms with Crippen LogP contribution in [0.1, 0.15) is 35.3 Å². The van der Waals surface area contributed by atoms with Gasteiger partial charge in [0.2, 0.25) is 5.91 Å². The lowest BCUT2D eigenvalue weighted by atomic mass is 9.97. The van der Waals surface area contributed by atoms with Gasteiger partial charge in [0.1, 0.15) is 17.4 Å². The fourth-order valence-electron chi connectivity index (χ4n) is 3.25. The standard InChI is InChI=1S/C21H17F2N3O3S/c1-11(27)24-17-6-7-29-19-5-2-12(8-15(17)19)18-10-30-21(25-18)26-20(28)14-4-3-13(22)9-16(14)23/h2-5,8-10,17H,6-7H2,1H3,(H,24,27)(H,25,26,28). The van der Waals surface area contributed by atoms with Crippen LogP contribution in [0.15, 0.2) is 41.8 Å². The van der Waals surface area contributed by atoms with Crippen LogP contribution in [0.2, 0.25) is 0 Å². The molecule has 2 heterocycles. The highest BCUT2D eigenvalue weighted by Crippen LogP contribution is 2.36. The average Bonchev–Trinajstić information content (AvgIpc) is 3.16. The number of thiazole rings is 1. The summed E-state index contributed by atoms with van der Waals surface area (Å²) in [5.74, 6) is -1.82. The average molecular weight is 429 g/mol. The van der Waals surface area contributed by atoms with Crippen molar-refractivity contribution in [1.82, 2.24) is 10.3 Å². The minimum Gasteiger partial charge on any atom is -0.493 e. The number of carbonyl (C=O) groups is 2. The second-order valence-electron chi connectivity index (χ2n) is 6.76.